The van der Waals surface area contributed by atoms with E-state index < -0.39 is 4.75 Å². The molecule has 0 radical (unpaired) electrons. The number of nitrogens with one attached hydrogen (secondary N) is 1. The first kappa shape index (κ1) is 26.7. The van der Waals surface area contributed by atoms with Crippen molar-refractivity contribution in [2.24, 2.45) is 0 Å². The Bertz CT molecular complexity index is 1250. The third-order valence-corrected chi connectivity index (χ3v) is 7.51. The van der Waals surface area contributed by atoms with Crippen molar-refractivity contribution in [1.29, 1.82) is 0 Å². The SMILES string of the molecule is CCCc1cc(Oc2ccc(F)cc2)ccc1OCCCCCc1cccc(C2(C)SC(=O)NC2=O)c1. The Morgan fingerprint density at radius 3 is 2.43 bits per heavy atom. The van der Waals surface area contributed by atoms with Crippen LogP contribution in [0.2, 0.25) is 0 Å². The van der Waals surface area contributed by atoms with Gasteiger partial charge in [0.25, 0.3) is 5.24 Å². The van der Waals surface area contributed by atoms with Gasteiger partial charge in [0.1, 0.15) is 27.8 Å². The van der Waals surface area contributed by atoms with Gasteiger partial charge in [0.15, 0.2) is 0 Å². The summed E-state index contributed by atoms with van der Waals surface area (Å²) in [6, 6.07) is 19.8. The molecule has 1 aliphatic rings. The first-order valence-electron chi connectivity index (χ1n) is 12.7. The number of thioether (sulfide) groups is 1. The van der Waals surface area contributed by atoms with Gasteiger partial charge in [-0.2, -0.15) is 0 Å². The van der Waals surface area contributed by atoms with Gasteiger partial charge in [-0.15, -0.1) is 0 Å². The van der Waals surface area contributed by atoms with E-state index in [-0.39, 0.29) is 17.0 Å². The molecule has 0 saturated carbocycles. The summed E-state index contributed by atoms with van der Waals surface area (Å²) < 4.78 is 24.2. The average Bonchev–Trinajstić information content (AvgIpc) is 3.16. The van der Waals surface area contributed by atoms with E-state index in [2.05, 4.69) is 18.3 Å². The van der Waals surface area contributed by atoms with Gasteiger partial charge in [0.2, 0.25) is 5.91 Å². The van der Waals surface area contributed by atoms with Gasteiger partial charge in [-0.1, -0.05) is 37.6 Å². The Balaban J connectivity index is 1.25. The summed E-state index contributed by atoms with van der Waals surface area (Å²) in [5.41, 5.74) is 3.12. The van der Waals surface area contributed by atoms with Gasteiger partial charge < -0.3 is 9.47 Å². The van der Waals surface area contributed by atoms with Crippen LogP contribution in [0.4, 0.5) is 9.18 Å². The molecule has 5 nitrogen and oxygen atoms in total. The molecule has 1 aliphatic heterocycles. The number of rotatable bonds is 12. The van der Waals surface area contributed by atoms with Crippen LogP contribution in [0.25, 0.3) is 0 Å². The lowest BCUT2D eigenvalue weighted by molar-refractivity contribution is -0.121. The number of benzene rings is 3. The molecular formula is C30H32FNO4S. The summed E-state index contributed by atoms with van der Waals surface area (Å²) in [6.07, 6.45) is 5.73. The molecule has 4 rings (SSSR count). The number of aryl methyl sites for hydroxylation is 2. The molecule has 1 heterocycles. The van der Waals surface area contributed by atoms with E-state index in [1.165, 1.54) is 12.1 Å². The van der Waals surface area contributed by atoms with Crippen molar-refractivity contribution in [3.05, 3.63) is 89.2 Å². The monoisotopic (exact) mass is 521 g/mol. The molecule has 0 aromatic heterocycles. The van der Waals surface area contributed by atoms with Crippen molar-refractivity contribution in [2.45, 2.75) is 57.1 Å². The Labute approximate surface area is 221 Å². The molecule has 3 aromatic carbocycles. The first-order chi connectivity index (χ1) is 17.9. The molecule has 3 aromatic rings. The second-order valence-corrected chi connectivity index (χ2v) is 10.7. The molecular weight excluding hydrogens is 489 g/mol. The zero-order chi connectivity index (χ0) is 26.3. The summed E-state index contributed by atoms with van der Waals surface area (Å²) in [7, 11) is 0. The van der Waals surface area contributed by atoms with Gasteiger partial charge in [-0.25, -0.2) is 4.39 Å². The quantitative estimate of drug-likeness (QED) is 0.249. The van der Waals surface area contributed by atoms with Crippen LogP contribution in [0.5, 0.6) is 17.2 Å². The van der Waals surface area contributed by atoms with E-state index in [0.717, 1.165) is 72.7 Å². The number of hydrogen-bond acceptors (Lipinski definition) is 5. The summed E-state index contributed by atoms with van der Waals surface area (Å²) in [5.74, 6) is 1.62. The number of carbonyl (C=O) groups excluding carboxylic acids is 2. The van der Waals surface area contributed by atoms with Gasteiger partial charge in [-0.3, -0.25) is 14.9 Å². The largest absolute Gasteiger partial charge is 0.493 e. The molecule has 1 unspecified atom stereocenters. The van der Waals surface area contributed by atoms with Crippen molar-refractivity contribution in [3.63, 3.8) is 0 Å². The average molecular weight is 522 g/mol. The van der Waals surface area contributed by atoms with E-state index >= 15 is 0 Å². The maximum Gasteiger partial charge on any atom is 0.287 e. The van der Waals surface area contributed by atoms with E-state index in [0.29, 0.717) is 18.1 Å². The van der Waals surface area contributed by atoms with Crippen LogP contribution in [-0.4, -0.2) is 17.8 Å². The van der Waals surface area contributed by atoms with Gasteiger partial charge in [0, 0.05) is 0 Å². The van der Waals surface area contributed by atoms with Crippen LogP contribution in [0.3, 0.4) is 0 Å². The summed E-state index contributed by atoms with van der Waals surface area (Å²) >= 11 is 1.04. The van der Waals surface area contributed by atoms with Gasteiger partial charge in [-0.05, 0) is 110 Å². The second-order valence-electron chi connectivity index (χ2n) is 9.31. The number of halogens is 1. The lowest BCUT2D eigenvalue weighted by Gasteiger charge is -2.19. The predicted molar refractivity (Wildman–Crippen MR) is 145 cm³/mol. The highest BCUT2D eigenvalue weighted by Gasteiger charge is 2.45. The number of carbonyl (C=O) groups is 2. The molecule has 1 saturated heterocycles. The molecule has 0 bridgehead atoms. The predicted octanol–water partition coefficient (Wildman–Crippen LogP) is 7.56. The zero-order valence-electron chi connectivity index (χ0n) is 21.2. The highest BCUT2D eigenvalue weighted by atomic mass is 32.2. The molecule has 2 amide bonds. The minimum absolute atomic E-state index is 0.255. The van der Waals surface area contributed by atoms with Crippen LogP contribution in [0.1, 0.15) is 56.2 Å². The normalized spacial score (nSPS) is 17.1. The van der Waals surface area contributed by atoms with Crippen molar-refractivity contribution in [3.8, 4) is 17.2 Å². The van der Waals surface area contributed by atoms with E-state index in [4.69, 9.17) is 9.47 Å². The zero-order valence-corrected chi connectivity index (χ0v) is 22.0. The maximum absolute atomic E-state index is 13.1. The number of amides is 2. The fraction of sp³-hybridized carbons (Fsp3) is 0.333. The van der Waals surface area contributed by atoms with Crippen LogP contribution in [-0.2, 0) is 22.4 Å². The number of hydrogen-bond donors (Lipinski definition) is 1. The molecule has 1 atom stereocenters. The molecule has 194 valence electrons. The molecule has 7 heteroatoms. The first-order valence-corrected chi connectivity index (χ1v) is 13.5. The van der Waals surface area contributed by atoms with Crippen molar-refractivity contribution in [1.82, 2.24) is 5.32 Å². The van der Waals surface area contributed by atoms with Crippen molar-refractivity contribution in [2.75, 3.05) is 6.61 Å². The van der Waals surface area contributed by atoms with E-state index in [1.807, 2.05) is 36.4 Å². The number of ether oxygens (including phenoxy) is 2. The van der Waals surface area contributed by atoms with Gasteiger partial charge in [0.05, 0.1) is 6.61 Å². The Kier molecular flexibility index (Phi) is 8.87. The number of imide groups is 1. The fourth-order valence-electron chi connectivity index (χ4n) is 4.34. The van der Waals surface area contributed by atoms with Crippen molar-refractivity contribution < 1.29 is 23.5 Å². The van der Waals surface area contributed by atoms with Crippen LogP contribution >= 0.6 is 11.8 Å². The lowest BCUT2D eigenvalue weighted by atomic mass is 9.95. The second kappa shape index (κ2) is 12.3. The Morgan fingerprint density at radius 2 is 1.70 bits per heavy atom. The molecule has 37 heavy (non-hydrogen) atoms. The minimum atomic E-state index is -0.864. The standard InChI is InChI=1S/C30H32FNO4S/c1-3-8-22-20-26(36-25-14-12-24(31)13-15-25)16-17-27(22)35-18-6-4-5-9-21-10-7-11-23(19-21)30(2)28(33)32-29(34)37-30/h7,10-17,19-20H,3-6,8-9,18H2,1-2H3,(H,32,33,34). The molecule has 1 N–H and O–H groups in total. The Morgan fingerprint density at radius 1 is 0.919 bits per heavy atom. The van der Waals surface area contributed by atoms with Gasteiger partial charge >= 0.3 is 0 Å². The molecule has 1 fully saturated rings. The third-order valence-electron chi connectivity index (χ3n) is 6.39. The molecule has 0 aliphatic carbocycles. The van der Waals surface area contributed by atoms with Crippen LogP contribution in [0, 0.1) is 5.82 Å². The smallest absolute Gasteiger partial charge is 0.287 e. The highest BCUT2D eigenvalue weighted by molar-refractivity contribution is 8.15. The summed E-state index contributed by atoms with van der Waals surface area (Å²) in [4.78, 5) is 23.9. The third kappa shape index (κ3) is 6.92. The van der Waals surface area contributed by atoms with Crippen LogP contribution in [0.15, 0.2) is 66.7 Å². The van der Waals surface area contributed by atoms with Crippen LogP contribution < -0.4 is 14.8 Å². The molecule has 0 spiro atoms. The summed E-state index contributed by atoms with van der Waals surface area (Å²) in [6.45, 7) is 4.55. The minimum Gasteiger partial charge on any atom is -0.493 e. The van der Waals surface area contributed by atoms with Crippen molar-refractivity contribution >= 4 is 22.9 Å². The topological polar surface area (TPSA) is 64.6 Å². The van der Waals surface area contributed by atoms with E-state index in [9.17, 15) is 14.0 Å². The highest BCUT2D eigenvalue weighted by Crippen LogP contribution is 2.41. The van der Waals surface area contributed by atoms with E-state index in [1.54, 1.807) is 19.1 Å². The fourth-order valence-corrected chi connectivity index (χ4v) is 5.24. The summed E-state index contributed by atoms with van der Waals surface area (Å²) in [5, 5.41) is 2.09. The number of unbranched alkanes of at least 4 members (excludes halogenated alkanes) is 2. The lowest BCUT2D eigenvalue weighted by Crippen LogP contribution is -2.31. The Hall–Kier alpha value is -3.32. The maximum atomic E-state index is 13.1.